The molecule has 5 aliphatic rings. The van der Waals surface area contributed by atoms with E-state index in [0.717, 1.165) is 16.9 Å². The van der Waals surface area contributed by atoms with E-state index in [1.165, 1.54) is 36.2 Å². The first-order chi connectivity index (χ1) is 41.7. The maximum absolute atomic E-state index is 14.2. The van der Waals surface area contributed by atoms with E-state index in [-0.39, 0.29) is 143 Å². The highest BCUT2D eigenvalue weighted by molar-refractivity contribution is 7.80. The maximum atomic E-state index is 14.2. The number of nitrogens with zero attached hydrogens (tertiary/aromatic N) is 5. The summed E-state index contributed by atoms with van der Waals surface area (Å²) in [5, 5.41) is 23.3. The number of anilines is 2. The van der Waals surface area contributed by atoms with Gasteiger partial charge in [-0.25, -0.2) is 9.69 Å². The Kier molecular flexibility index (Phi) is 21.8. The molecule has 5 aliphatic heterocycles. The molecule has 24 nitrogen and oxygen atoms in total. The van der Waals surface area contributed by atoms with Gasteiger partial charge in [0.1, 0.15) is 18.7 Å². The minimum atomic E-state index is -1.55. The summed E-state index contributed by atoms with van der Waals surface area (Å²) < 4.78 is 35.0. The van der Waals surface area contributed by atoms with Crippen LogP contribution in [0.1, 0.15) is 105 Å². The second-order valence-electron chi connectivity index (χ2n) is 22.4. The lowest BCUT2D eigenvalue weighted by Gasteiger charge is -2.31. The van der Waals surface area contributed by atoms with Crippen LogP contribution in [0.15, 0.2) is 77.8 Å². The normalized spacial score (nSPS) is 19.4. The Hall–Kier alpha value is -8.42. The number of aliphatic hydroxyl groups excluding tert-OH is 1. The number of hydrogen-bond donors (Lipinski definition) is 5. The zero-order valence-electron chi connectivity index (χ0n) is 50.0. The van der Waals surface area contributed by atoms with Crippen molar-refractivity contribution < 1.29 is 71.9 Å². The summed E-state index contributed by atoms with van der Waals surface area (Å²) in [5.74, 6) is -1.74. The van der Waals surface area contributed by atoms with Gasteiger partial charge in [0.05, 0.1) is 80.2 Å². The highest BCUT2D eigenvalue weighted by Gasteiger charge is 2.47. The topological polar surface area (TPSA) is 286 Å². The van der Waals surface area contributed by atoms with Crippen molar-refractivity contribution in [3.05, 3.63) is 89.5 Å². The van der Waals surface area contributed by atoms with Crippen LogP contribution < -0.4 is 45.1 Å². The summed E-state index contributed by atoms with van der Waals surface area (Å²) in [5.41, 5.74) is 3.53. The molecular weight excluding hydrogens is 1140 g/mol. The Labute approximate surface area is 510 Å². The zero-order valence-corrected chi connectivity index (χ0v) is 50.8. The van der Waals surface area contributed by atoms with Gasteiger partial charge in [-0.1, -0.05) is 75.8 Å². The highest BCUT2D eigenvalue weighted by atomic mass is 32.1. The van der Waals surface area contributed by atoms with Crippen LogP contribution in [0.4, 0.5) is 21.9 Å². The molecule has 3 fully saturated rings. The quantitative estimate of drug-likeness (QED) is 0.0263. The zero-order chi connectivity index (χ0) is 62.6. The molecule has 25 heteroatoms. The lowest BCUT2D eigenvalue weighted by atomic mass is 10.0. The summed E-state index contributed by atoms with van der Waals surface area (Å²) in [6, 6.07) is 9.95. The van der Waals surface area contributed by atoms with E-state index in [1.807, 2.05) is 20.8 Å². The van der Waals surface area contributed by atoms with Gasteiger partial charge >= 0.3 is 6.09 Å². The smallest absolute Gasteiger partial charge is 0.416 e. The molecule has 8 amide bonds. The van der Waals surface area contributed by atoms with Crippen LogP contribution in [0.5, 0.6) is 23.0 Å². The van der Waals surface area contributed by atoms with Crippen LogP contribution >= 0.6 is 12.2 Å². The Balaban J connectivity index is 0.803. The van der Waals surface area contributed by atoms with Crippen molar-refractivity contribution >= 4 is 87.9 Å². The van der Waals surface area contributed by atoms with Crippen LogP contribution in [0.25, 0.3) is 0 Å². The molecule has 5 N–H and O–H groups in total. The molecule has 3 aromatic carbocycles. The third-order valence-electron chi connectivity index (χ3n) is 15.6. The number of aliphatic hydroxyl groups is 1. The number of hydrogen-bond acceptors (Lipinski definition) is 17. The molecule has 0 aromatic heterocycles. The Morgan fingerprint density at radius 3 is 2.15 bits per heavy atom. The number of aliphatic imine (C=N–C) groups is 1. The third kappa shape index (κ3) is 15.6. The largest absolute Gasteiger partial charge is 0.493 e. The Bertz CT molecular complexity index is 3190. The second-order valence-corrected chi connectivity index (χ2v) is 22.9. The fraction of sp³-hybridized carbons (Fsp3) is 0.484. The highest BCUT2D eigenvalue weighted by Crippen LogP contribution is 2.43. The minimum absolute atomic E-state index is 0.00109. The fourth-order valence-electron chi connectivity index (χ4n) is 10.9. The van der Waals surface area contributed by atoms with Gasteiger partial charge in [0.25, 0.3) is 11.8 Å². The van der Waals surface area contributed by atoms with Crippen LogP contribution in [0.2, 0.25) is 0 Å². The molecule has 0 saturated carbocycles. The van der Waals surface area contributed by atoms with E-state index in [4.69, 9.17) is 40.6 Å². The number of nitrogens with one attached hydrogen (secondary N) is 4. The average molecular weight is 1220 g/mol. The molecule has 5 heterocycles. The first kappa shape index (κ1) is 64.6. The first-order valence-corrected chi connectivity index (χ1v) is 29.6. The third-order valence-corrected chi connectivity index (χ3v) is 15.9. The second kappa shape index (κ2) is 29.3. The van der Waals surface area contributed by atoms with Gasteiger partial charge in [-0.15, -0.1) is 0 Å². The van der Waals surface area contributed by atoms with Crippen molar-refractivity contribution in [2.75, 3.05) is 77.0 Å². The van der Waals surface area contributed by atoms with Crippen LogP contribution in [-0.2, 0) is 40.1 Å². The van der Waals surface area contributed by atoms with E-state index in [2.05, 4.69) is 39.4 Å². The number of benzene rings is 3. The molecule has 466 valence electrons. The molecular formula is C62H77N9O15S. The first-order valence-electron chi connectivity index (χ1n) is 29.2. The predicted molar refractivity (Wildman–Crippen MR) is 325 cm³/mol. The lowest BCUT2D eigenvalue weighted by molar-refractivity contribution is -0.139. The average Bonchev–Trinajstić information content (AvgIpc) is 2.29. The van der Waals surface area contributed by atoms with Crippen LogP contribution in [0, 0.1) is 11.8 Å². The number of ether oxygens (including phenoxy) is 6. The minimum Gasteiger partial charge on any atom is -0.493 e. The number of thiocarbonyl (C=S) groups is 1. The molecule has 3 saturated heterocycles. The molecule has 0 spiro atoms. The lowest BCUT2D eigenvalue weighted by Crippen LogP contribution is -2.53. The van der Waals surface area contributed by atoms with E-state index >= 15 is 0 Å². The summed E-state index contributed by atoms with van der Waals surface area (Å²) in [4.78, 5) is 116. The molecule has 3 aromatic rings. The molecule has 6 atom stereocenters. The Morgan fingerprint density at radius 2 is 1.46 bits per heavy atom. The molecule has 0 bridgehead atoms. The van der Waals surface area contributed by atoms with Gasteiger partial charge in [-0.05, 0) is 61.9 Å². The number of fused-ring (bicyclic) bond motifs is 4. The van der Waals surface area contributed by atoms with E-state index < -0.39 is 48.2 Å². The Morgan fingerprint density at radius 1 is 0.793 bits per heavy atom. The van der Waals surface area contributed by atoms with E-state index in [9.17, 15) is 43.5 Å². The molecule has 0 aliphatic carbocycles. The monoisotopic (exact) mass is 1220 g/mol. The van der Waals surface area contributed by atoms with Crippen molar-refractivity contribution in [2.45, 2.75) is 116 Å². The SMILES string of the molecule is C=C1C[C@H]2C=Nc3cc(OCCCOc4cc5c(cc4OC)C(=O)N4CC(=C)C[C@H]4C(O)N5C(=O)OCc4ccc(NC(=O)C(C)NC(=O)[C@@H](NC(=S)CCOCCNC(=O)CCN5C(=O)CC(CCC)C5=O)C(C)C)cc4)c(OC)cc3C(=O)N2C1. The number of rotatable bonds is 27. The summed E-state index contributed by atoms with van der Waals surface area (Å²) in [7, 11) is 2.91. The van der Waals surface area contributed by atoms with Crippen molar-refractivity contribution in [1.82, 2.24) is 30.7 Å². The van der Waals surface area contributed by atoms with Crippen molar-refractivity contribution in [3.8, 4) is 23.0 Å². The number of amides is 8. The summed E-state index contributed by atoms with van der Waals surface area (Å²) in [6.07, 6.45) is 2.40. The number of methoxy groups -OCH3 is 2. The molecule has 8 rings (SSSR count). The van der Waals surface area contributed by atoms with Gasteiger partial charge in [-0.3, -0.25) is 43.5 Å². The molecule has 0 radical (unpaired) electrons. The number of likely N-dealkylation sites (tertiary alicyclic amines) is 1. The van der Waals surface area contributed by atoms with Crippen molar-refractivity contribution in [2.24, 2.45) is 16.8 Å². The fourth-order valence-corrected chi connectivity index (χ4v) is 11.1. The van der Waals surface area contributed by atoms with Crippen molar-refractivity contribution in [3.63, 3.8) is 0 Å². The van der Waals surface area contributed by atoms with Crippen LogP contribution in [-0.4, -0.2) is 176 Å². The van der Waals surface area contributed by atoms with E-state index in [1.54, 1.807) is 54.4 Å². The van der Waals surface area contributed by atoms with Gasteiger partial charge < -0.3 is 64.6 Å². The predicted octanol–water partition coefficient (Wildman–Crippen LogP) is 5.76. The van der Waals surface area contributed by atoms with Gasteiger partial charge in [0, 0.05) is 81.8 Å². The number of carbonyl (C=O) groups excluding carboxylic acids is 8. The number of imide groups is 1. The standard InChI is InChI=1S/C62H77N9O15S/c1-9-11-40-26-54(73)68(58(40)76)19-16-52(72)63-18-23-83-22-17-53(87)67-55(35(2)3)57(75)65-38(6)56(74)66-41-14-12-39(13-15-41)34-86-62(80)71-46-30-51(49(82-8)28-44(46)60(78)70-33-37(5)25-47(70)61(71)79)85-21-10-20-84-50-29-45-43(27-48(50)81-7)59(77)69-32-36(4)24-42(69)31-64-45/h12-15,27-31,35,38,40,42,47,55,61,79H,4-5,9-11,16-26,32-34H2,1-3,6-8H3,(H,63,72)(H,65,75)(H,66,74)(H,67,87)/t38?,40?,42-,47-,55-,61?/m0/s1. The van der Waals surface area contributed by atoms with Gasteiger partial charge in [0.15, 0.2) is 29.2 Å². The summed E-state index contributed by atoms with van der Waals surface area (Å²) >= 11 is 5.51. The maximum Gasteiger partial charge on any atom is 0.416 e. The molecule has 87 heavy (non-hydrogen) atoms. The van der Waals surface area contributed by atoms with Gasteiger partial charge in [0.2, 0.25) is 29.5 Å². The van der Waals surface area contributed by atoms with Crippen molar-refractivity contribution in [1.29, 1.82) is 0 Å². The summed E-state index contributed by atoms with van der Waals surface area (Å²) in [6.45, 7) is 16.5. The van der Waals surface area contributed by atoms with E-state index in [0.29, 0.717) is 70.4 Å². The van der Waals surface area contributed by atoms with Gasteiger partial charge in [-0.2, -0.15) is 0 Å². The molecule has 3 unspecified atom stereocenters. The number of carbonyl (C=O) groups is 8. The van der Waals surface area contributed by atoms with Crippen LogP contribution in [0.3, 0.4) is 0 Å².